The van der Waals surface area contributed by atoms with Crippen LogP contribution in [-0.2, 0) is 17.8 Å². The molecule has 136 valence electrons. The molecule has 0 aliphatic rings. The zero-order chi connectivity index (χ0) is 18.9. The number of terminal acetylenes is 1. The summed E-state index contributed by atoms with van der Waals surface area (Å²) in [5, 5.41) is 4.04. The van der Waals surface area contributed by atoms with Crippen LogP contribution in [0, 0.1) is 12.3 Å². The normalized spacial score (nSPS) is 10.1. The quantitative estimate of drug-likeness (QED) is 0.683. The number of halogens is 2. The van der Waals surface area contributed by atoms with E-state index in [0.717, 1.165) is 11.1 Å². The highest BCUT2D eigenvalue weighted by atomic mass is 35.5. The number of rotatable bonds is 8. The number of benzene rings is 2. The molecule has 0 aliphatic carbocycles. The number of ether oxygens (including phenoxy) is 2. The van der Waals surface area contributed by atoms with Crippen molar-refractivity contribution in [2.75, 3.05) is 13.7 Å². The Morgan fingerprint density at radius 3 is 2.58 bits per heavy atom. The number of carbonyl (C=O) groups excluding carboxylic acids is 1. The maximum Gasteiger partial charge on any atom is 0.220 e. The molecule has 0 aromatic heterocycles. The van der Waals surface area contributed by atoms with Gasteiger partial charge in [0.2, 0.25) is 5.91 Å². The summed E-state index contributed by atoms with van der Waals surface area (Å²) in [6.07, 6.45) is 5.98. The number of amides is 1. The number of nitrogens with one attached hydrogen (secondary N) is 1. The third kappa shape index (κ3) is 5.87. The Balaban J connectivity index is 1.92. The van der Waals surface area contributed by atoms with Crippen LogP contribution in [-0.4, -0.2) is 19.6 Å². The molecule has 0 saturated carbocycles. The van der Waals surface area contributed by atoms with Gasteiger partial charge in [0.05, 0.1) is 7.11 Å². The Morgan fingerprint density at radius 1 is 1.19 bits per heavy atom. The van der Waals surface area contributed by atoms with Gasteiger partial charge in [0.25, 0.3) is 0 Å². The number of carbonyl (C=O) groups is 1. The third-order valence-corrected chi connectivity index (χ3v) is 4.27. The summed E-state index contributed by atoms with van der Waals surface area (Å²) in [5.74, 6) is 3.33. The summed E-state index contributed by atoms with van der Waals surface area (Å²) in [7, 11) is 1.54. The third-order valence-electron chi connectivity index (χ3n) is 3.67. The summed E-state index contributed by atoms with van der Waals surface area (Å²) in [5.41, 5.74) is 1.79. The molecule has 0 atom stereocenters. The van der Waals surface area contributed by atoms with Crippen molar-refractivity contribution in [2.45, 2.75) is 19.4 Å². The second-order valence-electron chi connectivity index (χ2n) is 5.49. The zero-order valence-corrected chi connectivity index (χ0v) is 15.9. The molecule has 0 bridgehead atoms. The van der Waals surface area contributed by atoms with Crippen molar-refractivity contribution >= 4 is 29.1 Å². The molecule has 2 aromatic rings. The monoisotopic (exact) mass is 391 g/mol. The maximum absolute atomic E-state index is 12.1. The van der Waals surface area contributed by atoms with E-state index in [1.54, 1.807) is 24.3 Å². The van der Waals surface area contributed by atoms with Crippen LogP contribution in [0.5, 0.6) is 11.5 Å². The van der Waals surface area contributed by atoms with Crippen molar-refractivity contribution in [3.05, 3.63) is 57.6 Å². The second-order valence-corrected chi connectivity index (χ2v) is 6.33. The van der Waals surface area contributed by atoms with Gasteiger partial charge < -0.3 is 14.8 Å². The fraction of sp³-hybridized carbons (Fsp3) is 0.250. The second kappa shape index (κ2) is 9.96. The number of hydrogen-bond acceptors (Lipinski definition) is 3. The lowest BCUT2D eigenvalue weighted by Gasteiger charge is -2.12. The Morgan fingerprint density at radius 2 is 1.92 bits per heavy atom. The molecule has 0 heterocycles. The van der Waals surface area contributed by atoms with Crippen LogP contribution in [0.1, 0.15) is 17.5 Å². The molecular formula is C20H19Cl2NO3. The Bertz CT molecular complexity index is 798. The highest BCUT2D eigenvalue weighted by Gasteiger charge is 2.12. The van der Waals surface area contributed by atoms with Crippen LogP contribution in [0.15, 0.2) is 36.4 Å². The van der Waals surface area contributed by atoms with Crippen LogP contribution >= 0.6 is 23.2 Å². The SMILES string of the molecule is C#CCOc1cc(Cl)c(CCC(=O)NCc2ccc(Cl)cc2)cc1OC. The molecule has 2 rings (SSSR count). The predicted molar refractivity (Wildman–Crippen MR) is 104 cm³/mol. The van der Waals surface area contributed by atoms with E-state index in [9.17, 15) is 4.79 Å². The van der Waals surface area contributed by atoms with Crippen molar-refractivity contribution in [3.63, 3.8) is 0 Å². The van der Waals surface area contributed by atoms with Crippen LogP contribution in [0.2, 0.25) is 10.0 Å². The van der Waals surface area contributed by atoms with Crippen molar-refractivity contribution in [1.82, 2.24) is 5.32 Å². The average Bonchev–Trinajstić information content (AvgIpc) is 2.65. The predicted octanol–water partition coefficient (Wildman–Crippen LogP) is 4.26. The van der Waals surface area contributed by atoms with Crippen molar-refractivity contribution in [2.24, 2.45) is 0 Å². The first-order chi connectivity index (χ1) is 12.5. The number of aryl methyl sites for hydroxylation is 1. The summed E-state index contributed by atoms with van der Waals surface area (Å²) < 4.78 is 10.7. The van der Waals surface area contributed by atoms with Gasteiger partial charge in [0, 0.05) is 29.1 Å². The van der Waals surface area contributed by atoms with Gasteiger partial charge in [0.1, 0.15) is 6.61 Å². The first-order valence-electron chi connectivity index (χ1n) is 7.97. The Hall–Kier alpha value is -2.35. The summed E-state index contributed by atoms with van der Waals surface area (Å²) in [6.45, 7) is 0.574. The molecule has 0 fully saturated rings. The summed E-state index contributed by atoms with van der Waals surface area (Å²) in [6, 6.07) is 10.7. The molecule has 0 aliphatic heterocycles. The van der Waals surface area contributed by atoms with Gasteiger partial charge in [-0.15, -0.1) is 6.42 Å². The topological polar surface area (TPSA) is 47.6 Å². The van der Waals surface area contributed by atoms with E-state index in [1.807, 2.05) is 12.1 Å². The fourth-order valence-corrected chi connectivity index (χ4v) is 2.67. The lowest BCUT2D eigenvalue weighted by Crippen LogP contribution is -2.23. The highest BCUT2D eigenvalue weighted by Crippen LogP contribution is 2.33. The summed E-state index contributed by atoms with van der Waals surface area (Å²) in [4.78, 5) is 12.1. The summed E-state index contributed by atoms with van der Waals surface area (Å²) >= 11 is 12.1. The molecule has 26 heavy (non-hydrogen) atoms. The van der Waals surface area contributed by atoms with Crippen LogP contribution in [0.4, 0.5) is 0 Å². The molecule has 2 aromatic carbocycles. The van der Waals surface area contributed by atoms with Gasteiger partial charge in [-0.3, -0.25) is 4.79 Å². The molecule has 1 amide bonds. The zero-order valence-electron chi connectivity index (χ0n) is 14.4. The first-order valence-corrected chi connectivity index (χ1v) is 8.73. The Kier molecular flexibility index (Phi) is 7.65. The van der Waals surface area contributed by atoms with Gasteiger partial charge in [-0.05, 0) is 35.7 Å². The van der Waals surface area contributed by atoms with Crippen LogP contribution < -0.4 is 14.8 Å². The maximum atomic E-state index is 12.1. The largest absolute Gasteiger partial charge is 0.493 e. The molecule has 0 unspecified atom stereocenters. The fourth-order valence-electron chi connectivity index (χ4n) is 2.30. The standard InChI is InChI=1S/C20H19Cl2NO3/c1-3-10-26-19-12-17(22)15(11-18(19)25-2)6-9-20(24)23-13-14-4-7-16(21)8-5-14/h1,4-5,7-8,11-12H,6,9-10,13H2,2H3,(H,23,24). The van der Waals surface area contributed by atoms with Crippen LogP contribution in [0.3, 0.4) is 0 Å². The van der Waals surface area contributed by atoms with Crippen molar-refractivity contribution < 1.29 is 14.3 Å². The lowest BCUT2D eigenvalue weighted by atomic mass is 10.1. The minimum absolute atomic E-state index is 0.0670. The van der Waals surface area contributed by atoms with Gasteiger partial charge in [-0.2, -0.15) is 0 Å². The van der Waals surface area contributed by atoms with E-state index >= 15 is 0 Å². The van der Waals surface area contributed by atoms with E-state index < -0.39 is 0 Å². The van der Waals surface area contributed by atoms with Crippen molar-refractivity contribution in [3.8, 4) is 23.8 Å². The molecule has 4 nitrogen and oxygen atoms in total. The van der Waals surface area contributed by atoms with Gasteiger partial charge in [-0.25, -0.2) is 0 Å². The molecular weight excluding hydrogens is 373 g/mol. The van der Waals surface area contributed by atoms with E-state index in [0.29, 0.717) is 40.9 Å². The van der Waals surface area contributed by atoms with Crippen molar-refractivity contribution in [1.29, 1.82) is 0 Å². The van der Waals surface area contributed by atoms with Gasteiger partial charge in [0.15, 0.2) is 11.5 Å². The van der Waals surface area contributed by atoms with Crippen LogP contribution in [0.25, 0.3) is 0 Å². The Labute approximate surface area is 163 Å². The van der Waals surface area contributed by atoms with Gasteiger partial charge in [-0.1, -0.05) is 41.3 Å². The minimum atomic E-state index is -0.0670. The first kappa shape index (κ1) is 20.0. The molecule has 0 saturated heterocycles. The van der Waals surface area contributed by atoms with E-state index in [-0.39, 0.29) is 12.5 Å². The van der Waals surface area contributed by atoms with E-state index in [2.05, 4.69) is 11.2 Å². The average molecular weight is 392 g/mol. The minimum Gasteiger partial charge on any atom is -0.493 e. The molecule has 6 heteroatoms. The lowest BCUT2D eigenvalue weighted by molar-refractivity contribution is -0.121. The molecule has 0 spiro atoms. The smallest absolute Gasteiger partial charge is 0.220 e. The van der Waals surface area contributed by atoms with E-state index in [4.69, 9.17) is 39.1 Å². The van der Waals surface area contributed by atoms with Gasteiger partial charge >= 0.3 is 0 Å². The molecule has 0 radical (unpaired) electrons. The number of hydrogen-bond donors (Lipinski definition) is 1. The molecule has 1 N–H and O–H groups in total. The number of methoxy groups -OCH3 is 1. The highest BCUT2D eigenvalue weighted by molar-refractivity contribution is 6.31. The van der Waals surface area contributed by atoms with E-state index in [1.165, 1.54) is 7.11 Å².